The molecular weight excluding hydrogens is 188 g/mol. The summed E-state index contributed by atoms with van der Waals surface area (Å²) in [6.07, 6.45) is 1.46. The summed E-state index contributed by atoms with van der Waals surface area (Å²) in [6.45, 7) is 0.947. The Morgan fingerprint density at radius 3 is 2.53 bits per heavy atom. The zero-order valence-electron chi connectivity index (χ0n) is 8.90. The van der Waals surface area contributed by atoms with Crippen LogP contribution in [-0.4, -0.2) is 24.2 Å². The highest BCUT2D eigenvalue weighted by molar-refractivity contribution is 5.57. The van der Waals surface area contributed by atoms with E-state index < -0.39 is 0 Å². The summed E-state index contributed by atoms with van der Waals surface area (Å²) in [5.41, 5.74) is 3.07. The second-order valence-corrected chi connectivity index (χ2v) is 3.74. The number of hydrogen-bond donors (Lipinski definition) is 0. The zero-order valence-corrected chi connectivity index (χ0v) is 8.90. The maximum absolute atomic E-state index is 4.75. The van der Waals surface area contributed by atoms with Gasteiger partial charge in [-0.1, -0.05) is 29.4 Å². The number of benzene rings is 1. The highest BCUT2D eigenvalue weighted by Gasteiger charge is 2.01. The lowest BCUT2D eigenvalue weighted by molar-refractivity contribution is 0.402. The topological polar surface area (TPSA) is 29.3 Å². The van der Waals surface area contributed by atoms with Crippen molar-refractivity contribution in [2.75, 3.05) is 14.1 Å². The Morgan fingerprint density at radius 2 is 2.00 bits per heavy atom. The minimum atomic E-state index is 0.756. The van der Waals surface area contributed by atoms with Crippen LogP contribution in [-0.2, 0) is 6.54 Å². The number of rotatable bonds is 3. The third kappa shape index (κ3) is 2.44. The molecule has 0 bridgehead atoms. The van der Waals surface area contributed by atoms with Crippen LogP contribution in [0.3, 0.4) is 0 Å². The summed E-state index contributed by atoms with van der Waals surface area (Å²) in [4.78, 5) is 2.14. The standard InChI is InChI=1S/C12H13N2O/c1-14(2)9-10-3-5-11(6-4-10)12-7-8-15-13-12/h3-6,8H,9H2,1-2H3. The molecule has 3 nitrogen and oxygen atoms in total. The van der Waals surface area contributed by atoms with Gasteiger partial charge in [0.05, 0.1) is 6.07 Å². The molecular formula is C12H13N2O. The van der Waals surface area contributed by atoms with E-state index in [0.717, 1.165) is 17.8 Å². The molecule has 1 heterocycles. The van der Waals surface area contributed by atoms with Gasteiger partial charge in [0.15, 0.2) is 0 Å². The molecule has 15 heavy (non-hydrogen) atoms. The summed E-state index contributed by atoms with van der Waals surface area (Å²) >= 11 is 0. The molecule has 3 heteroatoms. The third-order valence-electron chi connectivity index (χ3n) is 2.12. The van der Waals surface area contributed by atoms with Gasteiger partial charge >= 0.3 is 0 Å². The van der Waals surface area contributed by atoms with Crippen LogP contribution in [0.4, 0.5) is 0 Å². The van der Waals surface area contributed by atoms with Crippen molar-refractivity contribution < 1.29 is 4.52 Å². The fourth-order valence-electron chi connectivity index (χ4n) is 1.46. The maximum Gasteiger partial charge on any atom is 0.132 e. The number of hydrogen-bond acceptors (Lipinski definition) is 3. The van der Waals surface area contributed by atoms with Gasteiger partial charge in [0.1, 0.15) is 12.0 Å². The van der Waals surface area contributed by atoms with Crippen molar-refractivity contribution in [2.45, 2.75) is 6.54 Å². The molecule has 1 aromatic carbocycles. The van der Waals surface area contributed by atoms with E-state index >= 15 is 0 Å². The summed E-state index contributed by atoms with van der Waals surface area (Å²) in [5, 5.41) is 3.84. The molecule has 0 aliphatic carbocycles. The number of aromatic nitrogens is 1. The fraction of sp³-hybridized carbons (Fsp3) is 0.250. The zero-order chi connectivity index (χ0) is 10.7. The van der Waals surface area contributed by atoms with E-state index in [4.69, 9.17) is 4.52 Å². The lowest BCUT2D eigenvalue weighted by atomic mass is 10.1. The van der Waals surface area contributed by atoms with Crippen LogP contribution in [0.1, 0.15) is 5.56 Å². The largest absolute Gasteiger partial charge is 0.363 e. The van der Waals surface area contributed by atoms with Gasteiger partial charge < -0.3 is 9.42 Å². The molecule has 0 unspecified atom stereocenters. The van der Waals surface area contributed by atoms with Crippen LogP contribution in [0.25, 0.3) is 11.3 Å². The van der Waals surface area contributed by atoms with Crippen LogP contribution in [0.5, 0.6) is 0 Å². The van der Waals surface area contributed by atoms with Crippen molar-refractivity contribution in [3.63, 3.8) is 0 Å². The molecule has 1 aromatic heterocycles. The Bertz CT molecular complexity index is 404. The Balaban J connectivity index is 2.17. The highest BCUT2D eigenvalue weighted by Crippen LogP contribution is 2.17. The average molecular weight is 201 g/mol. The van der Waals surface area contributed by atoms with Crippen molar-refractivity contribution in [1.29, 1.82) is 0 Å². The second-order valence-electron chi connectivity index (χ2n) is 3.74. The molecule has 0 atom stereocenters. The molecule has 0 spiro atoms. The second kappa shape index (κ2) is 4.28. The molecule has 77 valence electrons. The summed E-state index contributed by atoms with van der Waals surface area (Å²) < 4.78 is 4.75. The molecule has 0 saturated heterocycles. The summed E-state index contributed by atoms with van der Waals surface area (Å²) in [7, 11) is 4.11. The van der Waals surface area contributed by atoms with Crippen LogP contribution >= 0.6 is 0 Å². The van der Waals surface area contributed by atoms with Gasteiger partial charge in [-0.05, 0) is 19.7 Å². The van der Waals surface area contributed by atoms with Crippen molar-refractivity contribution in [1.82, 2.24) is 10.1 Å². The van der Waals surface area contributed by atoms with Crippen molar-refractivity contribution in [3.05, 3.63) is 42.2 Å². The van der Waals surface area contributed by atoms with Gasteiger partial charge in [-0.25, -0.2) is 0 Å². The van der Waals surface area contributed by atoms with E-state index in [1.807, 2.05) is 12.1 Å². The van der Waals surface area contributed by atoms with Crippen LogP contribution in [0, 0.1) is 6.07 Å². The Kier molecular flexibility index (Phi) is 2.83. The van der Waals surface area contributed by atoms with Crippen LogP contribution < -0.4 is 0 Å². The van der Waals surface area contributed by atoms with Gasteiger partial charge in [0.25, 0.3) is 0 Å². The Hall–Kier alpha value is -1.61. The van der Waals surface area contributed by atoms with Crippen LogP contribution in [0.15, 0.2) is 35.1 Å². The first kappa shape index (κ1) is 9.93. The predicted molar refractivity (Wildman–Crippen MR) is 58.2 cm³/mol. The molecule has 0 N–H and O–H groups in total. The van der Waals surface area contributed by atoms with E-state index in [2.05, 4.69) is 42.4 Å². The summed E-state index contributed by atoms with van der Waals surface area (Å²) in [5.74, 6) is 0. The fourth-order valence-corrected chi connectivity index (χ4v) is 1.46. The van der Waals surface area contributed by atoms with Crippen molar-refractivity contribution in [3.8, 4) is 11.3 Å². The van der Waals surface area contributed by atoms with Gasteiger partial charge in [0, 0.05) is 12.1 Å². The maximum atomic E-state index is 4.75. The minimum absolute atomic E-state index is 0.756. The van der Waals surface area contributed by atoms with E-state index in [1.54, 1.807) is 0 Å². The quantitative estimate of drug-likeness (QED) is 0.762. The van der Waals surface area contributed by atoms with Crippen molar-refractivity contribution in [2.24, 2.45) is 0 Å². The first-order valence-electron chi connectivity index (χ1n) is 4.82. The Morgan fingerprint density at radius 1 is 1.27 bits per heavy atom. The van der Waals surface area contributed by atoms with E-state index in [0.29, 0.717) is 0 Å². The third-order valence-corrected chi connectivity index (χ3v) is 2.12. The van der Waals surface area contributed by atoms with Gasteiger partial charge in [-0.2, -0.15) is 0 Å². The molecule has 0 aliphatic rings. The minimum Gasteiger partial charge on any atom is -0.363 e. The first-order valence-corrected chi connectivity index (χ1v) is 4.82. The average Bonchev–Trinajstić information content (AvgIpc) is 2.71. The smallest absolute Gasteiger partial charge is 0.132 e. The molecule has 2 aromatic rings. The predicted octanol–water partition coefficient (Wildman–Crippen LogP) is 2.20. The molecule has 0 amide bonds. The van der Waals surface area contributed by atoms with Gasteiger partial charge in [-0.3, -0.25) is 0 Å². The molecule has 0 aliphatic heterocycles. The van der Waals surface area contributed by atoms with E-state index in [-0.39, 0.29) is 0 Å². The molecule has 0 saturated carbocycles. The Labute approximate surface area is 89.3 Å². The van der Waals surface area contributed by atoms with Gasteiger partial charge in [0.2, 0.25) is 0 Å². The summed E-state index contributed by atoms with van der Waals surface area (Å²) in [6, 6.07) is 11.2. The molecule has 1 radical (unpaired) electrons. The normalized spacial score (nSPS) is 10.9. The highest BCUT2D eigenvalue weighted by atomic mass is 16.5. The monoisotopic (exact) mass is 201 g/mol. The SMILES string of the molecule is CN(C)Cc1ccc(-c2[c]con2)cc1. The molecule has 0 fully saturated rings. The molecule has 2 rings (SSSR count). The van der Waals surface area contributed by atoms with E-state index in [9.17, 15) is 0 Å². The van der Waals surface area contributed by atoms with Gasteiger partial charge in [-0.15, -0.1) is 0 Å². The number of nitrogens with zero attached hydrogens (tertiary/aromatic N) is 2. The van der Waals surface area contributed by atoms with E-state index in [1.165, 1.54) is 11.8 Å². The van der Waals surface area contributed by atoms with Crippen LogP contribution in [0.2, 0.25) is 0 Å². The van der Waals surface area contributed by atoms with Crippen molar-refractivity contribution >= 4 is 0 Å². The lowest BCUT2D eigenvalue weighted by Gasteiger charge is -2.09. The lowest BCUT2D eigenvalue weighted by Crippen LogP contribution is -2.10. The first-order chi connectivity index (χ1) is 7.25.